The summed E-state index contributed by atoms with van der Waals surface area (Å²) in [4.78, 5) is 32.4. The summed E-state index contributed by atoms with van der Waals surface area (Å²) in [6.07, 6.45) is 7.06. The molecule has 0 saturated heterocycles. The van der Waals surface area contributed by atoms with Crippen molar-refractivity contribution in [1.82, 2.24) is 14.8 Å². The summed E-state index contributed by atoms with van der Waals surface area (Å²) in [6.45, 7) is 8.10. The van der Waals surface area contributed by atoms with Crippen LogP contribution in [0.4, 0.5) is 11.5 Å². The predicted molar refractivity (Wildman–Crippen MR) is 146 cm³/mol. The number of nitrogens with two attached hydrogens (primary N) is 1. The zero-order valence-corrected chi connectivity index (χ0v) is 22.5. The van der Waals surface area contributed by atoms with Crippen LogP contribution in [0, 0.1) is 11.8 Å². The van der Waals surface area contributed by atoms with E-state index in [9.17, 15) is 9.59 Å². The number of halogens is 1. The van der Waals surface area contributed by atoms with Gasteiger partial charge in [0.25, 0.3) is 0 Å². The molecule has 3 aromatic rings. The number of hydrogen-bond acceptors (Lipinski definition) is 6. The number of ether oxygens (including phenoxy) is 1. The fourth-order valence-electron chi connectivity index (χ4n) is 4.76. The molecule has 1 fully saturated rings. The molecular formula is C28H34ClN5O3. The van der Waals surface area contributed by atoms with Crippen LogP contribution >= 0.6 is 11.6 Å². The number of amides is 1. The minimum atomic E-state index is -0.501. The Balaban J connectivity index is 1.69. The maximum absolute atomic E-state index is 13.7. The van der Waals surface area contributed by atoms with Crippen LogP contribution < -0.4 is 10.6 Å². The highest BCUT2D eigenvalue weighted by atomic mass is 35.5. The zero-order chi connectivity index (χ0) is 26.7. The second-order valence-corrected chi connectivity index (χ2v) is 10.3. The summed E-state index contributed by atoms with van der Waals surface area (Å²) in [5, 5.41) is 5.00. The lowest BCUT2D eigenvalue weighted by atomic mass is 9.82. The van der Waals surface area contributed by atoms with Crippen molar-refractivity contribution in [3.05, 3.63) is 53.4 Å². The van der Waals surface area contributed by atoms with Crippen LogP contribution in [0.15, 0.2) is 42.7 Å². The van der Waals surface area contributed by atoms with E-state index in [-0.39, 0.29) is 35.2 Å². The Bertz CT molecular complexity index is 1260. The molecule has 1 aliphatic carbocycles. The molecule has 1 aromatic carbocycles. The Morgan fingerprint density at radius 1 is 1.16 bits per heavy atom. The van der Waals surface area contributed by atoms with Gasteiger partial charge in [-0.25, -0.2) is 14.5 Å². The van der Waals surface area contributed by atoms with E-state index in [1.54, 1.807) is 35.0 Å². The largest absolute Gasteiger partial charge is 0.462 e. The van der Waals surface area contributed by atoms with Gasteiger partial charge in [0.1, 0.15) is 5.56 Å². The van der Waals surface area contributed by atoms with Crippen LogP contribution in [-0.2, 0) is 9.53 Å². The van der Waals surface area contributed by atoms with Crippen molar-refractivity contribution in [2.75, 3.05) is 17.2 Å². The van der Waals surface area contributed by atoms with Crippen LogP contribution in [0.3, 0.4) is 0 Å². The summed E-state index contributed by atoms with van der Waals surface area (Å²) in [5.41, 5.74) is 9.06. The lowest BCUT2D eigenvalue weighted by molar-refractivity contribution is -0.124. The molecule has 9 heteroatoms. The number of anilines is 2. The number of nitrogen functional groups attached to an aromatic ring is 1. The number of pyridine rings is 1. The van der Waals surface area contributed by atoms with Gasteiger partial charge >= 0.3 is 5.97 Å². The molecule has 0 spiro atoms. The number of aromatic nitrogens is 3. The predicted octanol–water partition coefficient (Wildman–Crippen LogP) is 5.91. The highest BCUT2D eigenvalue weighted by Gasteiger charge is 2.34. The maximum Gasteiger partial charge on any atom is 0.343 e. The smallest absolute Gasteiger partial charge is 0.343 e. The Morgan fingerprint density at radius 2 is 1.84 bits per heavy atom. The fourth-order valence-corrected chi connectivity index (χ4v) is 4.87. The van der Waals surface area contributed by atoms with Gasteiger partial charge in [-0.15, -0.1) is 5.10 Å². The van der Waals surface area contributed by atoms with Crippen LogP contribution in [-0.4, -0.2) is 39.3 Å². The van der Waals surface area contributed by atoms with Gasteiger partial charge in [0.15, 0.2) is 11.0 Å². The number of benzene rings is 1. The lowest BCUT2D eigenvalue weighted by Crippen LogP contribution is -2.43. The summed E-state index contributed by atoms with van der Waals surface area (Å²) in [7, 11) is 0. The topological polar surface area (TPSA) is 103 Å². The molecule has 196 valence electrons. The molecule has 1 saturated carbocycles. The van der Waals surface area contributed by atoms with Gasteiger partial charge in [-0.05, 0) is 76.1 Å². The Kier molecular flexibility index (Phi) is 8.17. The van der Waals surface area contributed by atoms with E-state index in [1.807, 2.05) is 38.1 Å². The standard InChI is InChI=1S/C28H34ClN5O3/c1-5-37-28(36)23-16-33(22-12-10-19(11-13-22)21-14-24(30)25(29)31-15-21)32-26(23)34(17(2)3)27(35)20-8-6-18(4)7-9-20/h10-18,20H,5-9,30H2,1-4H3. The molecule has 2 aromatic heterocycles. The number of esters is 1. The average Bonchev–Trinajstić information content (AvgIpc) is 3.31. The first-order valence-corrected chi connectivity index (χ1v) is 13.2. The third-order valence-corrected chi connectivity index (χ3v) is 7.18. The first kappa shape index (κ1) is 26.7. The van der Waals surface area contributed by atoms with Gasteiger partial charge in [-0.2, -0.15) is 0 Å². The molecule has 0 atom stereocenters. The van der Waals surface area contributed by atoms with Gasteiger partial charge in [-0.1, -0.05) is 30.7 Å². The number of rotatable bonds is 7. The first-order chi connectivity index (χ1) is 17.7. The van der Waals surface area contributed by atoms with E-state index < -0.39 is 5.97 Å². The minimum Gasteiger partial charge on any atom is -0.462 e. The van der Waals surface area contributed by atoms with Crippen molar-refractivity contribution < 1.29 is 14.3 Å². The average molecular weight is 524 g/mol. The number of carbonyl (C=O) groups excluding carboxylic acids is 2. The van der Waals surface area contributed by atoms with E-state index in [0.717, 1.165) is 42.5 Å². The van der Waals surface area contributed by atoms with Gasteiger partial charge in [0, 0.05) is 29.9 Å². The Morgan fingerprint density at radius 3 is 2.43 bits per heavy atom. The summed E-state index contributed by atoms with van der Waals surface area (Å²) >= 11 is 5.95. The first-order valence-electron chi connectivity index (χ1n) is 12.8. The quantitative estimate of drug-likeness (QED) is 0.305. The molecule has 0 unspecified atom stereocenters. The van der Waals surface area contributed by atoms with Gasteiger partial charge in [-0.3, -0.25) is 9.69 Å². The molecular weight excluding hydrogens is 490 g/mol. The van der Waals surface area contributed by atoms with Crippen molar-refractivity contribution in [3.8, 4) is 16.8 Å². The van der Waals surface area contributed by atoms with Gasteiger partial charge in [0.2, 0.25) is 5.91 Å². The third kappa shape index (κ3) is 5.80. The lowest BCUT2D eigenvalue weighted by Gasteiger charge is -2.32. The molecule has 1 aliphatic rings. The van der Waals surface area contributed by atoms with Gasteiger partial charge in [0.05, 0.1) is 18.0 Å². The minimum absolute atomic E-state index is 0.0147. The van der Waals surface area contributed by atoms with Crippen molar-refractivity contribution in [2.24, 2.45) is 11.8 Å². The Hall–Kier alpha value is -3.39. The molecule has 8 nitrogen and oxygen atoms in total. The van der Waals surface area contributed by atoms with Crippen LogP contribution in [0.5, 0.6) is 0 Å². The van der Waals surface area contributed by atoms with E-state index >= 15 is 0 Å². The molecule has 0 radical (unpaired) electrons. The SMILES string of the molecule is CCOC(=O)c1cn(-c2ccc(-c3cnc(Cl)c(N)c3)cc2)nc1N(C(=O)C1CCC(C)CC1)C(C)C. The monoisotopic (exact) mass is 523 g/mol. The summed E-state index contributed by atoms with van der Waals surface area (Å²) < 4.78 is 6.94. The molecule has 4 rings (SSSR count). The summed E-state index contributed by atoms with van der Waals surface area (Å²) in [5.74, 6) is 0.405. The molecule has 0 aliphatic heterocycles. The van der Waals surface area contributed by atoms with Crippen molar-refractivity contribution in [1.29, 1.82) is 0 Å². The molecule has 1 amide bonds. The maximum atomic E-state index is 13.7. The van der Waals surface area contributed by atoms with E-state index in [0.29, 0.717) is 17.4 Å². The molecule has 37 heavy (non-hydrogen) atoms. The zero-order valence-electron chi connectivity index (χ0n) is 21.8. The van der Waals surface area contributed by atoms with Crippen LogP contribution in [0.25, 0.3) is 16.8 Å². The van der Waals surface area contributed by atoms with E-state index in [4.69, 9.17) is 27.2 Å². The highest BCUT2D eigenvalue weighted by molar-refractivity contribution is 6.31. The van der Waals surface area contributed by atoms with E-state index in [2.05, 4.69) is 11.9 Å². The second-order valence-electron chi connectivity index (χ2n) is 9.94. The molecule has 0 bridgehead atoms. The second kappa shape index (κ2) is 11.3. The Labute approximate surface area is 222 Å². The number of hydrogen-bond donors (Lipinski definition) is 1. The van der Waals surface area contributed by atoms with Crippen molar-refractivity contribution in [3.63, 3.8) is 0 Å². The van der Waals surface area contributed by atoms with Crippen molar-refractivity contribution in [2.45, 2.75) is 59.4 Å². The normalized spacial score (nSPS) is 17.6. The van der Waals surface area contributed by atoms with Gasteiger partial charge < -0.3 is 10.5 Å². The molecule has 2 heterocycles. The number of carbonyl (C=O) groups is 2. The fraction of sp³-hybridized carbons (Fsp3) is 0.429. The highest BCUT2D eigenvalue weighted by Crippen LogP contribution is 2.33. The van der Waals surface area contributed by atoms with Crippen molar-refractivity contribution >= 4 is 35.0 Å². The molecule has 2 N–H and O–H groups in total. The van der Waals surface area contributed by atoms with Crippen LogP contribution in [0.1, 0.15) is 63.7 Å². The van der Waals surface area contributed by atoms with E-state index in [1.165, 1.54) is 0 Å². The number of nitrogens with zero attached hydrogens (tertiary/aromatic N) is 4. The third-order valence-electron chi connectivity index (χ3n) is 6.87. The van der Waals surface area contributed by atoms with Crippen LogP contribution in [0.2, 0.25) is 5.15 Å². The summed E-state index contributed by atoms with van der Waals surface area (Å²) in [6, 6.07) is 9.20.